The molecule has 2 atom stereocenters. The van der Waals surface area contributed by atoms with E-state index in [2.05, 4.69) is 19.1 Å². The molecule has 1 aromatic rings. The van der Waals surface area contributed by atoms with Gasteiger partial charge in [-0.1, -0.05) is 30.3 Å². The van der Waals surface area contributed by atoms with Crippen molar-refractivity contribution in [2.24, 2.45) is 5.92 Å². The highest BCUT2D eigenvalue weighted by atomic mass is 16.5. The van der Waals surface area contributed by atoms with Crippen LogP contribution in [0.2, 0.25) is 0 Å². The highest BCUT2D eigenvalue weighted by Gasteiger charge is 2.13. The van der Waals surface area contributed by atoms with E-state index in [4.69, 9.17) is 14.2 Å². The van der Waals surface area contributed by atoms with Crippen molar-refractivity contribution in [3.63, 3.8) is 0 Å². The van der Waals surface area contributed by atoms with Gasteiger partial charge < -0.3 is 14.2 Å². The molecule has 1 rings (SSSR count). The maximum atomic E-state index is 5.74. The number of hydrogen-bond acceptors (Lipinski definition) is 3. The molecule has 0 N–H and O–H groups in total. The summed E-state index contributed by atoms with van der Waals surface area (Å²) in [7, 11) is 3.46. The Balaban J connectivity index is 2.28. The molecular weight excluding hydrogens is 228 g/mol. The van der Waals surface area contributed by atoms with Gasteiger partial charge in [-0.15, -0.1) is 0 Å². The van der Waals surface area contributed by atoms with Gasteiger partial charge in [0.05, 0.1) is 25.9 Å². The standard InChI is InChI=1S/C15H24O3/c1-13(17-3)9-15(10-16-2)12-18-11-14-7-5-4-6-8-14/h4-8,13,15H,9-12H2,1-3H3. The van der Waals surface area contributed by atoms with Gasteiger partial charge in [0.15, 0.2) is 0 Å². The van der Waals surface area contributed by atoms with Crippen LogP contribution in [0.1, 0.15) is 18.9 Å². The van der Waals surface area contributed by atoms with E-state index in [0.717, 1.165) is 6.42 Å². The first-order valence-electron chi connectivity index (χ1n) is 6.39. The van der Waals surface area contributed by atoms with E-state index < -0.39 is 0 Å². The fourth-order valence-electron chi connectivity index (χ4n) is 1.90. The lowest BCUT2D eigenvalue weighted by Crippen LogP contribution is -2.21. The largest absolute Gasteiger partial charge is 0.384 e. The maximum Gasteiger partial charge on any atom is 0.0717 e. The van der Waals surface area contributed by atoms with Crippen molar-refractivity contribution in [1.82, 2.24) is 0 Å². The van der Waals surface area contributed by atoms with Crippen LogP contribution in [-0.2, 0) is 20.8 Å². The molecule has 0 aliphatic rings. The lowest BCUT2D eigenvalue weighted by Gasteiger charge is -2.19. The molecule has 1 aromatic carbocycles. The quantitative estimate of drug-likeness (QED) is 0.676. The summed E-state index contributed by atoms with van der Waals surface area (Å²) in [4.78, 5) is 0. The number of ether oxygens (including phenoxy) is 3. The average Bonchev–Trinajstić information content (AvgIpc) is 2.40. The van der Waals surface area contributed by atoms with Crippen LogP contribution in [0.5, 0.6) is 0 Å². The van der Waals surface area contributed by atoms with Crippen LogP contribution in [0.4, 0.5) is 0 Å². The second kappa shape index (κ2) is 9.09. The van der Waals surface area contributed by atoms with Crippen LogP contribution in [0, 0.1) is 5.92 Å². The summed E-state index contributed by atoms with van der Waals surface area (Å²) in [5.41, 5.74) is 1.20. The molecule has 0 aliphatic carbocycles. The van der Waals surface area contributed by atoms with Gasteiger partial charge in [-0.3, -0.25) is 0 Å². The van der Waals surface area contributed by atoms with Crippen molar-refractivity contribution in [1.29, 1.82) is 0 Å². The highest BCUT2D eigenvalue weighted by molar-refractivity contribution is 5.13. The molecule has 0 fully saturated rings. The van der Waals surface area contributed by atoms with Crippen LogP contribution in [0.15, 0.2) is 30.3 Å². The summed E-state index contributed by atoms with van der Waals surface area (Å²) in [5, 5.41) is 0. The smallest absolute Gasteiger partial charge is 0.0717 e. The summed E-state index contributed by atoms with van der Waals surface area (Å²) >= 11 is 0. The third-order valence-electron chi connectivity index (χ3n) is 2.94. The van der Waals surface area contributed by atoms with Gasteiger partial charge in [-0.2, -0.15) is 0 Å². The Kier molecular flexibility index (Phi) is 7.65. The van der Waals surface area contributed by atoms with Crippen LogP contribution < -0.4 is 0 Å². The second-order valence-electron chi connectivity index (χ2n) is 4.60. The highest BCUT2D eigenvalue weighted by Crippen LogP contribution is 2.11. The Morgan fingerprint density at radius 3 is 2.39 bits per heavy atom. The van der Waals surface area contributed by atoms with Crippen molar-refractivity contribution in [3.8, 4) is 0 Å². The number of hydrogen-bond donors (Lipinski definition) is 0. The first kappa shape index (κ1) is 15.2. The zero-order chi connectivity index (χ0) is 13.2. The molecular formula is C15H24O3. The van der Waals surface area contributed by atoms with Gasteiger partial charge in [0.25, 0.3) is 0 Å². The minimum absolute atomic E-state index is 0.241. The molecule has 2 unspecified atom stereocenters. The minimum atomic E-state index is 0.241. The summed E-state index contributed by atoms with van der Waals surface area (Å²) in [5.74, 6) is 0.383. The number of methoxy groups -OCH3 is 2. The van der Waals surface area contributed by atoms with Crippen molar-refractivity contribution < 1.29 is 14.2 Å². The van der Waals surface area contributed by atoms with Gasteiger partial charge in [-0.05, 0) is 18.9 Å². The van der Waals surface area contributed by atoms with Crippen LogP contribution >= 0.6 is 0 Å². The third-order valence-corrected chi connectivity index (χ3v) is 2.94. The summed E-state index contributed by atoms with van der Waals surface area (Å²) in [6.07, 6.45) is 1.20. The van der Waals surface area contributed by atoms with E-state index >= 15 is 0 Å². The Labute approximate surface area is 110 Å². The zero-order valence-electron chi connectivity index (χ0n) is 11.6. The van der Waals surface area contributed by atoms with Crippen LogP contribution in [0.25, 0.3) is 0 Å². The molecule has 18 heavy (non-hydrogen) atoms. The van der Waals surface area contributed by atoms with Gasteiger partial charge in [-0.25, -0.2) is 0 Å². The minimum Gasteiger partial charge on any atom is -0.384 e. The summed E-state index contributed by atoms with van der Waals surface area (Å²) in [6, 6.07) is 10.2. The Morgan fingerprint density at radius 2 is 1.78 bits per heavy atom. The van der Waals surface area contributed by atoms with E-state index in [-0.39, 0.29) is 6.10 Å². The molecule has 102 valence electrons. The van der Waals surface area contributed by atoms with Crippen molar-refractivity contribution in [2.45, 2.75) is 26.1 Å². The molecule has 0 bridgehead atoms. The van der Waals surface area contributed by atoms with Gasteiger partial charge in [0.2, 0.25) is 0 Å². The topological polar surface area (TPSA) is 27.7 Å². The Morgan fingerprint density at radius 1 is 1.06 bits per heavy atom. The molecule has 0 saturated heterocycles. The Bertz CT molecular complexity index is 300. The van der Waals surface area contributed by atoms with Crippen LogP contribution in [-0.4, -0.2) is 33.5 Å². The fourth-order valence-corrected chi connectivity index (χ4v) is 1.90. The molecule has 0 aromatic heterocycles. The van der Waals surface area contributed by atoms with Gasteiger partial charge in [0, 0.05) is 20.1 Å². The predicted octanol–water partition coefficient (Wildman–Crippen LogP) is 2.89. The molecule has 0 heterocycles. The SMILES string of the molecule is COCC(COCc1ccccc1)CC(C)OC. The fraction of sp³-hybridized carbons (Fsp3) is 0.600. The molecule has 0 saturated carbocycles. The average molecular weight is 252 g/mol. The first-order chi connectivity index (χ1) is 8.76. The maximum absolute atomic E-state index is 5.74. The van der Waals surface area contributed by atoms with Crippen molar-refractivity contribution >= 4 is 0 Å². The van der Waals surface area contributed by atoms with E-state index in [1.54, 1.807) is 14.2 Å². The van der Waals surface area contributed by atoms with Gasteiger partial charge >= 0.3 is 0 Å². The first-order valence-corrected chi connectivity index (χ1v) is 6.39. The molecule has 0 spiro atoms. The zero-order valence-corrected chi connectivity index (χ0v) is 11.6. The van der Waals surface area contributed by atoms with Crippen molar-refractivity contribution in [2.75, 3.05) is 27.4 Å². The predicted molar refractivity (Wildman–Crippen MR) is 72.6 cm³/mol. The molecule has 0 aliphatic heterocycles. The molecule has 3 nitrogen and oxygen atoms in total. The monoisotopic (exact) mass is 252 g/mol. The number of benzene rings is 1. The van der Waals surface area contributed by atoms with E-state index in [9.17, 15) is 0 Å². The van der Waals surface area contributed by atoms with Gasteiger partial charge in [0.1, 0.15) is 0 Å². The van der Waals surface area contributed by atoms with Crippen LogP contribution in [0.3, 0.4) is 0 Å². The summed E-state index contributed by atoms with van der Waals surface area (Å²) < 4.78 is 16.2. The van der Waals surface area contributed by atoms with Crippen molar-refractivity contribution in [3.05, 3.63) is 35.9 Å². The second-order valence-corrected chi connectivity index (χ2v) is 4.60. The number of rotatable bonds is 9. The van der Waals surface area contributed by atoms with E-state index in [1.165, 1.54) is 5.56 Å². The lowest BCUT2D eigenvalue weighted by molar-refractivity contribution is 0.0166. The normalized spacial score (nSPS) is 14.4. The molecule has 3 heteroatoms. The van der Waals surface area contributed by atoms with E-state index in [1.807, 2.05) is 18.2 Å². The molecule has 0 amide bonds. The lowest BCUT2D eigenvalue weighted by atomic mass is 10.0. The Hall–Kier alpha value is -0.900. The third kappa shape index (κ3) is 6.15. The molecule has 0 radical (unpaired) electrons. The van der Waals surface area contributed by atoms with E-state index in [0.29, 0.717) is 25.7 Å². The summed E-state index contributed by atoms with van der Waals surface area (Å²) in [6.45, 7) is 4.14.